The Morgan fingerprint density at radius 1 is 1.39 bits per heavy atom. The molecule has 0 aromatic heterocycles. The first-order valence-electron chi connectivity index (χ1n) is 5.48. The molecule has 2 rings (SSSR count). The number of carbonyl (C=O) groups excluding carboxylic acids is 2. The van der Waals surface area contributed by atoms with E-state index in [4.69, 9.17) is 4.74 Å². The molecule has 0 radical (unpaired) electrons. The number of hydrogen-bond acceptors (Lipinski definition) is 3. The molecule has 18 heavy (non-hydrogen) atoms. The fourth-order valence-electron chi connectivity index (χ4n) is 1.78. The van der Waals surface area contributed by atoms with Gasteiger partial charge in [0.1, 0.15) is 5.75 Å². The van der Waals surface area contributed by atoms with Crippen LogP contribution in [0.4, 0.5) is 10.5 Å². The van der Waals surface area contributed by atoms with Gasteiger partial charge >= 0.3 is 6.03 Å². The summed E-state index contributed by atoms with van der Waals surface area (Å²) < 4.78 is 5.97. The van der Waals surface area contributed by atoms with Crippen LogP contribution in [-0.2, 0) is 4.79 Å². The van der Waals surface area contributed by atoms with Crippen LogP contribution < -0.4 is 15.0 Å². The molecule has 96 valence electrons. The minimum absolute atomic E-state index is 0.229. The van der Waals surface area contributed by atoms with Gasteiger partial charge in [0.15, 0.2) is 0 Å². The normalized spacial score (nSPS) is 19.7. The Bertz CT molecular complexity index is 504. The number of nitrogens with zero attached hydrogens (tertiary/aromatic N) is 1. The number of halogens is 1. The SMILES string of the molecule is COc1cc(Br)cc(N2CC(C)C(=O)NC2=O)c1. The number of imide groups is 1. The van der Waals surface area contributed by atoms with Crippen molar-refractivity contribution in [2.24, 2.45) is 5.92 Å². The van der Waals surface area contributed by atoms with Crippen molar-refractivity contribution >= 4 is 33.6 Å². The fraction of sp³-hybridized carbons (Fsp3) is 0.333. The molecule has 3 amide bonds. The van der Waals surface area contributed by atoms with Crippen LogP contribution in [0.3, 0.4) is 0 Å². The summed E-state index contributed by atoms with van der Waals surface area (Å²) in [5.41, 5.74) is 0.693. The van der Waals surface area contributed by atoms with Gasteiger partial charge in [0.2, 0.25) is 5.91 Å². The first kappa shape index (κ1) is 12.9. The Hall–Kier alpha value is -1.56. The summed E-state index contributed by atoms with van der Waals surface area (Å²) in [5, 5.41) is 2.33. The van der Waals surface area contributed by atoms with Gasteiger partial charge in [0.25, 0.3) is 0 Å². The van der Waals surface area contributed by atoms with E-state index in [1.54, 1.807) is 26.2 Å². The summed E-state index contributed by atoms with van der Waals surface area (Å²) in [7, 11) is 1.56. The van der Waals surface area contributed by atoms with E-state index in [2.05, 4.69) is 21.2 Å². The van der Waals surface area contributed by atoms with Crippen LogP contribution in [0, 0.1) is 5.92 Å². The zero-order chi connectivity index (χ0) is 13.3. The number of carbonyl (C=O) groups is 2. The van der Waals surface area contributed by atoms with Crippen LogP contribution >= 0.6 is 15.9 Å². The van der Waals surface area contributed by atoms with Gasteiger partial charge in [-0.25, -0.2) is 4.79 Å². The van der Waals surface area contributed by atoms with Gasteiger partial charge < -0.3 is 4.74 Å². The van der Waals surface area contributed by atoms with Crippen LogP contribution in [0.25, 0.3) is 0 Å². The van der Waals surface area contributed by atoms with Gasteiger partial charge in [-0.3, -0.25) is 15.0 Å². The van der Waals surface area contributed by atoms with Crippen molar-refractivity contribution in [2.75, 3.05) is 18.6 Å². The van der Waals surface area contributed by atoms with Crippen LogP contribution in [-0.4, -0.2) is 25.6 Å². The van der Waals surface area contributed by atoms with E-state index in [1.165, 1.54) is 4.90 Å². The molecule has 1 fully saturated rings. The zero-order valence-corrected chi connectivity index (χ0v) is 11.7. The molecule has 0 saturated carbocycles. The Morgan fingerprint density at radius 2 is 2.11 bits per heavy atom. The van der Waals surface area contributed by atoms with Crippen molar-refractivity contribution in [1.29, 1.82) is 0 Å². The number of rotatable bonds is 2. The molecule has 1 aliphatic heterocycles. The molecule has 0 bridgehead atoms. The highest BCUT2D eigenvalue weighted by molar-refractivity contribution is 9.10. The highest BCUT2D eigenvalue weighted by Crippen LogP contribution is 2.28. The first-order valence-corrected chi connectivity index (χ1v) is 6.27. The molecule has 1 aliphatic rings. The van der Waals surface area contributed by atoms with Crippen LogP contribution in [0.5, 0.6) is 5.75 Å². The number of methoxy groups -OCH3 is 1. The molecule has 6 heteroatoms. The minimum Gasteiger partial charge on any atom is -0.497 e. The van der Waals surface area contributed by atoms with Gasteiger partial charge in [0.05, 0.1) is 18.7 Å². The largest absolute Gasteiger partial charge is 0.497 e. The molecule has 0 aliphatic carbocycles. The average Bonchev–Trinajstić information content (AvgIpc) is 2.33. The Kier molecular flexibility index (Phi) is 3.56. The number of anilines is 1. The quantitative estimate of drug-likeness (QED) is 0.910. The third-order valence-electron chi connectivity index (χ3n) is 2.78. The van der Waals surface area contributed by atoms with Crippen molar-refractivity contribution < 1.29 is 14.3 Å². The minimum atomic E-state index is -0.404. The molecule has 5 nitrogen and oxygen atoms in total. The Morgan fingerprint density at radius 3 is 2.78 bits per heavy atom. The van der Waals surface area contributed by atoms with E-state index >= 15 is 0 Å². The monoisotopic (exact) mass is 312 g/mol. The lowest BCUT2D eigenvalue weighted by Gasteiger charge is -2.30. The number of ether oxygens (including phenoxy) is 1. The summed E-state index contributed by atoms with van der Waals surface area (Å²) >= 11 is 3.36. The van der Waals surface area contributed by atoms with Gasteiger partial charge in [-0.15, -0.1) is 0 Å². The molecule has 1 N–H and O–H groups in total. The third-order valence-corrected chi connectivity index (χ3v) is 3.24. The number of amides is 3. The standard InChI is InChI=1S/C12H13BrN2O3/c1-7-6-15(12(17)14-11(7)16)9-3-8(13)4-10(5-9)18-2/h3-5,7H,6H2,1-2H3,(H,14,16,17). The molecule has 1 unspecified atom stereocenters. The number of urea groups is 1. The van der Waals surface area contributed by atoms with Gasteiger partial charge in [-0.05, 0) is 12.1 Å². The van der Waals surface area contributed by atoms with E-state index in [0.717, 1.165) is 4.47 Å². The summed E-state index contributed by atoms with van der Waals surface area (Å²) in [6.45, 7) is 2.15. The molecule has 1 atom stereocenters. The predicted molar refractivity (Wildman–Crippen MR) is 70.7 cm³/mol. The topological polar surface area (TPSA) is 58.6 Å². The van der Waals surface area contributed by atoms with Gasteiger partial charge in [0, 0.05) is 17.1 Å². The lowest BCUT2D eigenvalue weighted by Crippen LogP contribution is -2.53. The predicted octanol–water partition coefficient (Wildman–Crippen LogP) is 2.15. The lowest BCUT2D eigenvalue weighted by atomic mass is 10.1. The summed E-state index contributed by atoms with van der Waals surface area (Å²) in [4.78, 5) is 24.7. The van der Waals surface area contributed by atoms with Crippen LogP contribution in [0.2, 0.25) is 0 Å². The van der Waals surface area contributed by atoms with Crippen LogP contribution in [0.15, 0.2) is 22.7 Å². The van der Waals surface area contributed by atoms with Crippen molar-refractivity contribution in [2.45, 2.75) is 6.92 Å². The summed E-state index contributed by atoms with van der Waals surface area (Å²) in [6.07, 6.45) is 0. The second kappa shape index (κ2) is 4.97. The third kappa shape index (κ3) is 2.48. The fourth-order valence-corrected chi connectivity index (χ4v) is 2.24. The van der Waals surface area contributed by atoms with Crippen LogP contribution in [0.1, 0.15) is 6.92 Å². The molecule has 1 aromatic rings. The molecular weight excluding hydrogens is 300 g/mol. The Balaban J connectivity index is 2.33. The Labute approximate surface area is 113 Å². The summed E-state index contributed by atoms with van der Waals surface area (Å²) in [6, 6.07) is 4.97. The van der Waals surface area contributed by atoms with E-state index in [0.29, 0.717) is 18.0 Å². The van der Waals surface area contributed by atoms with E-state index in [1.807, 2.05) is 6.07 Å². The van der Waals surface area contributed by atoms with E-state index in [-0.39, 0.29) is 11.8 Å². The van der Waals surface area contributed by atoms with Gasteiger partial charge in [-0.2, -0.15) is 0 Å². The van der Waals surface area contributed by atoms with Crippen molar-refractivity contribution in [3.63, 3.8) is 0 Å². The number of nitrogens with one attached hydrogen (secondary N) is 1. The maximum absolute atomic E-state index is 11.8. The molecule has 1 aromatic carbocycles. The van der Waals surface area contributed by atoms with Gasteiger partial charge in [-0.1, -0.05) is 22.9 Å². The molecule has 0 spiro atoms. The summed E-state index contributed by atoms with van der Waals surface area (Å²) in [5.74, 6) is 0.183. The number of benzene rings is 1. The van der Waals surface area contributed by atoms with Crippen molar-refractivity contribution in [3.8, 4) is 5.75 Å². The maximum Gasteiger partial charge on any atom is 0.328 e. The molecule has 1 saturated heterocycles. The second-order valence-electron chi connectivity index (χ2n) is 4.16. The highest BCUT2D eigenvalue weighted by atomic mass is 79.9. The molecule has 1 heterocycles. The zero-order valence-electron chi connectivity index (χ0n) is 10.1. The number of hydrogen-bond donors (Lipinski definition) is 1. The smallest absolute Gasteiger partial charge is 0.328 e. The van der Waals surface area contributed by atoms with Crippen molar-refractivity contribution in [1.82, 2.24) is 5.32 Å². The lowest BCUT2D eigenvalue weighted by molar-refractivity contribution is -0.123. The highest BCUT2D eigenvalue weighted by Gasteiger charge is 2.30. The van der Waals surface area contributed by atoms with E-state index in [9.17, 15) is 9.59 Å². The second-order valence-corrected chi connectivity index (χ2v) is 5.07. The molecular formula is C12H13BrN2O3. The average molecular weight is 313 g/mol. The first-order chi connectivity index (χ1) is 8.51. The van der Waals surface area contributed by atoms with E-state index < -0.39 is 6.03 Å². The van der Waals surface area contributed by atoms with Crippen molar-refractivity contribution in [3.05, 3.63) is 22.7 Å². The maximum atomic E-state index is 11.8.